The first-order chi connectivity index (χ1) is 19.1. The van der Waals surface area contributed by atoms with Crippen molar-refractivity contribution in [3.8, 4) is 0 Å². The van der Waals surface area contributed by atoms with E-state index in [1.165, 1.54) is 4.90 Å². The second kappa shape index (κ2) is 12.1. The Labute approximate surface area is 236 Å². The smallest absolute Gasteiger partial charge is 0.418 e. The lowest BCUT2D eigenvalue weighted by atomic mass is 9.79. The average molecular weight is 547 g/mol. The van der Waals surface area contributed by atoms with Crippen LogP contribution in [0, 0.1) is 0 Å². The summed E-state index contributed by atoms with van der Waals surface area (Å²) in [4.78, 5) is 33.6. The average Bonchev–Trinajstić information content (AvgIpc) is 3.32. The maximum Gasteiger partial charge on any atom is 0.418 e. The zero-order chi connectivity index (χ0) is 29.0. The minimum atomic E-state index is -0.750. The molecule has 0 N–H and O–H groups in total. The van der Waals surface area contributed by atoms with Gasteiger partial charge >= 0.3 is 12.1 Å². The van der Waals surface area contributed by atoms with Crippen molar-refractivity contribution in [2.45, 2.75) is 65.2 Å². The summed E-state index contributed by atoms with van der Waals surface area (Å²) in [5.74, 6) is -0.770. The van der Waals surface area contributed by atoms with E-state index in [4.69, 9.17) is 23.9 Å². The van der Waals surface area contributed by atoms with Crippen molar-refractivity contribution in [2.24, 2.45) is 4.99 Å². The molecule has 0 saturated heterocycles. The van der Waals surface area contributed by atoms with E-state index in [2.05, 4.69) is 0 Å². The number of hydrogen-bond donors (Lipinski definition) is 0. The van der Waals surface area contributed by atoms with Gasteiger partial charge in [-0.1, -0.05) is 60.7 Å². The maximum atomic E-state index is 13.9. The van der Waals surface area contributed by atoms with Crippen LogP contribution in [0.25, 0.3) is 0 Å². The molecule has 0 fully saturated rings. The van der Waals surface area contributed by atoms with Crippen LogP contribution in [0.2, 0.25) is 0 Å². The largest absolute Gasteiger partial charge is 0.467 e. The highest BCUT2D eigenvalue weighted by molar-refractivity contribution is 6.04. The Balaban J connectivity index is 1.93. The van der Waals surface area contributed by atoms with E-state index < -0.39 is 29.7 Å². The summed E-state index contributed by atoms with van der Waals surface area (Å²) in [6, 6.07) is 19.2. The van der Waals surface area contributed by atoms with Crippen LogP contribution in [-0.4, -0.2) is 54.8 Å². The number of esters is 1. The number of carbonyl (C=O) groups is 2. The normalized spacial score (nSPS) is 21.2. The van der Waals surface area contributed by atoms with Crippen LogP contribution in [0.1, 0.15) is 64.7 Å². The molecule has 0 aliphatic carbocycles. The molecule has 3 atom stereocenters. The monoisotopic (exact) mass is 546 g/mol. The van der Waals surface area contributed by atoms with Gasteiger partial charge in [-0.15, -0.1) is 0 Å². The van der Waals surface area contributed by atoms with Crippen LogP contribution in [0.4, 0.5) is 4.79 Å². The second-order valence-electron chi connectivity index (χ2n) is 10.8. The molecule has 2 aromatic rings. The fourth-order valence-electron chi connectivity index (χ4n) is 5.18. The van der Waals surface area contributed by atoms with Gasteiger partial charge in [-0.3, -0.25) is 4.90 Å². The molecule has 4 rings (SSSR count). The summed E-state index contributed by atoms with van der Waals surface area (Å²) in [6.45, 7) is 11.3. The molecular formula is C32H38N2O6. The van der Waals surface area contributed by atoms with Crippen molar-refractivity contribution >= 4 is 18.0 Å². The van der Waals surface area contributed by atoms with Crippen molar-refractivity contribution < 1.29 is 28.5 Å². The number of nitrogens with zero attached hydrogens (tertiary/aromatic N) is 2. The van der Waals surface area contributed by atoms with Crippen molar-refractivity contribution in [3.63, 3.8) is 0 Å². The minimum Gasteiger partial charge on any atom is -0.467 e. The Hall–Kier alpha value is -3.91. The van der Waals surface area contributed by atoms with Gasteiger partial charge in [0.05, 0.1) is 18.8 Å². The van der Waals surface area contributed by atoms with Crippen molar-refractivity contribution in [1.82, 2.24) is 4.90 Å². The van der Waals surface area contributed by atoms with Gasteiger partial charge in [0, 0.05) is 30.0 Å². The molecule has 2 aromatic carbocycles. The van der Waals surface area contributed by atoms with E-state index in [0.717, 1.165) is 11.1 Å². The highest BCUT2D eigenvalue weighted by Gasteiger charge is 2.45. The highest BCUT2D eigenvalue weighted by atomic mass is 16.6. The predicted molar refractivity (Wildman–Crippen MR) is 153 cm³/mol. The quantitative estimate of drug-likeness (QED) is 0.378. The standard InChI is InChI=1S/C32H38N2O6/c1-8-38-31(36)34-20(2)25(29-33-24(19-37-7)28(39-29)23-17-13-10-14-18-23)27(22-15-11-9-12-16-22)26(21(34)3)30(35)40-32(4,5)6/h9-18,24,27-28H,8,19H2,1-7H3/t24-,27+,28-/m0/s1. The molecule has 8 nitrogen and oxygen atoms in total. The van der Waals surface area contributed by atoms with Gasteiger partial charge in [0.15, 0.2) is 6.10 Å². The number of methoxy groups -OCH3 is 1. The summed E-state index contributed by atoms with van der Waals surface area (Å²) >= 11 is 0. The van der Waals surface area contributed by atoms with Gasteiger partial charge in [-0.25, -0.2) is 14.6 Å². The molecule has 0 spiro atoms. The first-order valence-electron chi connectivity index (χ1n) is 13.5. The molecule has 0 unspecified atom stereocenters. The Morgan fingerprint density at radius 2 is 1.55 bits per heavy atom. The zero-order valence-corrected chi connectivity index (χ0v) is 24.3. The molecule has 8 heteroatoms. The molecule has 1 amide bonds. The maximum absolute atomic E-state index is 13.9. The summed E-state index contributed by atoms with van der Waals surface area (Å²) in [6.07, 6.45) is -0.991. The molecule has 2 aliphatic rings. The molecule has 2 aliphatic heterocycles. The highest BCUT2D eigenvalue weighted by Crippen LogP contribution is 2.46. The Morgan fingerprint density at radius 1 is 0.950 bits per heavy atom. The summed E-state index contributed by atoms with van der Waals surface area (Å²) < 4.78 is 23.4. The number of rotatable bonds is 7. The van der Waals surface area contributed by atoms with Crippen molar-refractivity contribution in [1.29, 1.82) is 0 Å². The third kappa shape index (κ3) is 5.97. The molecule has 2 heterocycles. The van der Waals surface area contributed by atoms with E-state index >= 15 is 0 Å². The van der Waals surface area contributed by atoms with Crippen LogP contribution in [0.5, 0.6) is 0 Å². The Morgan fingerprint density at radius 3 is 2.10 bits per heavy atom. The number of aliphatic imine (C=N–C) groups is 1. The van der Waals surface area contributed by atoms with Crippen LogP contribution in [0.15, 0.2) is 88.2 Å². The number of benzene rings is 2. The Kier molecular flexibility index (Phi) is 8.79. The third-order valence-electron chi connectivity index (χ3n) is 6.80. The molecule has 0 bridgehead atoms. The van der Waals surface area contributed by atoms with Gasteiger partial charge in [-0.2, -0.15) is 0 Å². The van der Waals surface area contributed by atoms with E-state index in [9.17, 15) is 9.59 Å². The van der Waals surface area contributed by atoms with Gasteiger partial charge in [0.1, 0.15) is 11.6 Å². The Bertz CT molecular complexity index is 1320. The van der Waals surface area contributed by atoms with Gasteiger partial charge in [-0.05, 0) is 52.7 Å². The minimum absolute atomic E-state index is 0.179. The fourth-order valence-corrected chi connectivity index (χ4v) is 5.18. The lowest BCUT2D eigenvalue weighted by Crippen LogP contribution is -2.39. The van der Waals surface area contributed by atoms with Crippen LogP contribution < -0.4 is 0 Å². The number of amides is 1. The molecule has 0 radical (unpaired) electrons. The van der Waals surface area contributed by atoms with Crippen molar-refractivity contribution in [2.75, 3.05) is 20.3 Å². The second-order valence-corrected chi connectivity index (χ2v) is 10.8. The van der Waals surface area contributed by atoms with E-state index in [1.54, 1.807) is 21.0 Å². The number of carbonyl (C=O) groups excluding carboxylic acids is 2. The van der Waals surface area contributed by atoms with E-state index in [1.807, 2.05) is 88.4 Å². The number of hydrogen-bond acceptors (Lipinski definition) is 7. The van der Waals surface area contributed by atoms with Crippen molar-refractivity contribution in [3.05, 3.63) is 94.3 Å². The summed E-state index contributed by atoms with van der Waals surface area (Å²) in [7, 11) is 1.63. The van der Waals surface area contributed by atoms with E-state index in [0.29, 0.717) is 35.0 Å². The van der Waals surface area contributed by atoms with E-state index in [-0.39, 0.29) is 12.6 Å². The third-order valence-corrected chi connectivity index (χ3v) is 6.80. The molecule has 0 saturated carbocycles. The summed E-state index contributed by atoms with van der Waals surface area (Å²) in [5.41, 5.74) is 2.99. The predicted octanol–water partition coefficient (Wildman–Crippen LogP) is 6.32. The first kappa shape index (κ1) is 29.1. The number of allylic oxidation sites excluding steroid dienone is 2. The fraction of sp³-hybridized carbons (Fsp3) is 0.406. The van der Waals surface area contributed by atoms with Gasteiger partial charge in [0.25, 0.3) is 0 Å². The lowest BCUT2D eigenvalue weighted by molar-refractivity contribution is -0.150. The molecular weight excluding hydrogens is 508 g/mol. The van der Waals surface area contributed by atoms with Crippen LogP contribution in [0.3, 0.4) is 0 Å². The topological polar surface area (TPSA) is 86.7 Å². The SMILES string of the molecule is CCOC(=O)N1C(C)=C(C(=O)OC(C)(C)C)[C@H](c2ccccc2)C(C2=N[C@@H](COC)[C@H](c3ccccc3)O2)=C1C. The molecule has 0 aromatic heterocycles. The molecule has 40 heavy (non-hydrogen) atoms. The molecule has 212 valence electrons. The van der Waals surface area contributed by atoms with Crippen LogP contribution >= 0.6 is 0 Å². The summed E-state index contributed by atoms with van der Waals surface area (Å²) in [5, 5.41) is 0. The lowest BCUT2D eigenvalue weighted by Gasteiger charge is -2.37. The zero-order valence-electron chi connectivity index (χ0n) is 24.3. The first-order valence-corrected chi connectivity index (χ1v) is 13.5. The van der Waals surface area contributed by atoms with Crippen LogP contribution in [-0.2, 0) is 23.7 Å². The van der Waals surface area contributed by atoms with Gasteiger partial charge < -0.3 is 18.9 Å². The number of ether oxygens (including phenoxy) is 4. The van der Waals surface area contributed by atoms with Gasteiger partial charge in [0.2, 0.25) is 5.90 Å².